The van der Waals surface area contributed by atoms with E-state index in [1.165, 1.54) is 7.11 Å². The molecule has 2 heteroatoms. The Morgan fingerprint density at radius 3 is 2.57 bits per heavy atom. The van der Waals surface area contributed by atoms with Crippen LogP contribution in [0.3, 0.4) is 0 Å². The van der Waals surface area contributed by atoms with Crippen LogP contribution in [-0.4, -0.2) is 7.11 Å². The summed E-state index contributed by atoms with van der Waals surface area (Å²) in [5.41, 5.74) is 1.04. The van der Waals surface area contributed by atoms with Crippen molar-refractivity contribution in [2.75, 3.05) is 7.11 Å². The number of hydrogen-bond acceptors (Lipinski definition) is 1. The van der Waals surface area contributed by atoms with Crippen molar-refractivity contribution in [2.45, 2.75) is 26.7 Å². The number of methoxy groups -OCH3 is 1. The molecule has 0 amide bonds. The Kier molecular flexibility index (Phi) is 3.93. The normalized spacial score (nSPS) is 10.6. The second-order valence-electron chi connectivity index (χ2n) is 3.90. The standard InChI is InChI=1S/C12H17FO/c1-9(2)4-5-10-6-7-12(14-3)11(13)8-10/h6-9H,4-5H2,1-3H3. The van der Waals surface area contributed by atoms with Crippen molar-refractivity contribution < 1.29 is 9.13 Å². The van der Waals surface area contributed by atoms with E-state index in [-0.39, 0.29) is 5.82 Å². The number of halogens is 1. The van der Waals surface area contributed by atoms with Crippen LogP contribution in [0, 0.1) is 11.7 Å². The molecule has 1 aromatic carbocycles. The molecule has 0 aliphatic heterocycles. The summed E-state index contributed by atoms with van der Waals surface area (Å²) in [6.45, 7) is 4.33. The van der Waals surface area contributed by atoms with E-state index >= 15 is 0 Å². The van der Waals surface area contributed by atoms with E-state index in [9.17, 15) is 4.39 Å². The second kappa shape index (κ2) is 4.99. The molecular formula is C12H17FO. The molecule has 1 aromatic rings. The maximum Gasteiger partial charge on any atom is 0.165 e. The highest BCUT2D eigenvalue weighted by molar-refractivity contribution is 5.29. The first-order valence-corrected chi connectivity index (χ1v) is 4.96. The smallest absolute Gasteiger partial charge is 0.165 e. The van der Waals surface area contributed by atoms with Gasteiger partial charge in [-0.1, -0.05) is 19.9 Å². The first-order valence-electron chi connectivity index (χ1n) is 4.96. The summed E-state index contributed by atoms with van der Waals surface area (Å²) in [4.78, 5) is 0. The van der Waals surface area contributed by atoms with Gasteiger partial charge in [-0.15, -0.1) is 0 Å². The maximum atomic E-state index is 13.2. The fourth-order valence-electron chi connectivity index (χ4n) is 1.32. The van der Waals surface area contributed by atoms with Crippen molar-refractivity contribution >= 4 is 0 Å². The van der Waals surface area contributed by atoms with Gasteiger partial charge in [0.05, 0.1) is 7.11 Å². The summed E-state index contributed by atoms with van der Waals surface area (Å²) >= 11 is 0. The van der Waals surface area contributed by atoms with Gasteiger partial charge in [-0.2, -0.15) is 0 Å². The van der Waals surface area contributed by atoms with Crippen molar-refractivity contribution in [1.29, 1.82) is 0 Å². The van der Waals surface area contributed by atoms with Crippen LogP contribution in [0.5, 0.6) is 5.75 Å². The van der Waals surface area contributed by atoms with E-state index in [0.29, 0.717) is 11.7 Å². The van der Waals surface area contributed by atoms with Gasteiger partial charge in [-0.05, 0) is 36.5 Å². The molecule has 0 unspecified atom stereocenters. The van der Waals surface area contributed by atoms with Crippen molar-refractivity contribution in [1.82, 2.24) is 0 Å². The molecule has 78 valence electrons. The van der Waals surface area contributed by atoms with Crippen LogP contribution < -0.4 is 4.74 Å². The molecule has 0 saturated heterocycles. The Bertz CT molecular complexity index is 294. The Labute approximate surface area is 84.9 Å². The maximum absolute atomic E-state index is 13.2. The molecule has 0 bridgehead atoms. The second-order valence-corrected chi connectivity index (χ2v) is 3.90. The van der Waals surface area contributed by atoms with Gasteiger partial charge in [0.15, 0.2) is 11.6 Å². The average molecular weight is 196 g/mol. The summed E-state index contributed by atoms with van der Waals surface area (Å²) < 4.78 is 18.1. The van der Waals surface area contributed by atoms with Crippen molar-refractivity contribution in [3.8, 4) is 5.75 Å². The van der Waals surface area contributed by atoms with E-state index in [4.69, 9.17) is 4.74 Å². The van der Waals surface area contributed by atoms with Crippen molar-refractivity contribution in [3.63, 3.8) is 0 Å². The molecule has 1 nitrogen and oxygen atoms in total. The zero-order valence-electron chi connectivity index (χ0n) is 9.01. The Balaban J connectivity index is 2.66. The number of hydrogen-bond donors (Lipinski definition) is 0. The third-order valence-electron chi connectivity index (χ3n) is 2.23. The molecule has 0 atom stereocenters. The molecule has 1 rings (SSSR count). The van der Waals surface area contributed by atoms with E-state index in [2.05, 4.69) is 13.8 Å². The van der Waals surface area contributed by atoms with Gasteiger partial charge in [0, 0.05) is 0 Å². The fraction of sp³-hybridized carbons (Fsp3) is 0.500. The number of aryl methyl sites for hydroxylation is 1. The van der Waals surface area contributed by atoms with Crippen LogP contribution >= 0.6 is 0 Å². The predicted molar refractivity (Wildman–Crippen MR) is 56.1 cm³/mol. The molecule has 0 heterocycles. The molecule has 0 spiro atoms. The van der Waals surface area contributed by atoms with Gasteiger partial charge in [0.1, 0.15) is 0 Å². The minimum Gasteiger partial charge on any atom is -0.494 e. The fourth-order valence-corrected chi connectivity index (χ4v) is 1.32. The molecule has 0 aliphatic carbocycles. The van der Waals surface area contributed by atoms with Gasteiger partial charge in [0.2, 0.25) is 0 Å². The van der Waals surface area contributed by atoms with Crippen LogP contribution in [0.4, 0.5) is 4.39 Å². The lowest BCUT2D eigenvalue weighted by atomic mass is 10.0. The minimum absolute atomic E-state index is 0.270. The molecule has 0 N–H and O–H groups in total. The summed E-state index contributed by atoms with van der Waals surface area (Å²) in [6, 6.07) is 5.16. The van der Waals surface area contributed by atoms with Gasteiger partial charge in [-0.25, -0.2) is 4.39 Å². The summed E-state index contributed by atoms with van der Waals surface area (Å²) in [5, 5.41) is 0. The highest BCUT2D eigenvalue weighted by Crippen LogP contribution is 2.19. The molecule has 0 radical (unpaired) electrons. The van der Waals surface area contributed by atoms with Crippen LogP contribution in [0.25, 0.3) is 0 Å². The third-order valence-corrected chi connectivity index (χ3v) is 2.23. The number of benzene rings is 1. The highest BCUT2D eigenvalue weighted by atomic mass is 19.1. The lowest BCUT2D eigenvalue weighted by molar-refractivity contribution is 0.386. The zero-order chi connectivity index (χ0) is 10.6. The van der Waals surface area contributed by atoms with Crippen LogP contribution in [-0.2, 0) is 6.42 Å². The molecule has 0 fully saturated rings. The van der Waals surface area contributed by atoms with E-state index in [1.54, 1.807) is 12.1 Å². The zero-order valence-corrected chi connectivity index (χ0v) is 9.01. The first-order chi connectivity index (χ1) is 6.63. The third kappa shape index (κ3) is 3.02. The van der Waals surface area contributed by atoms with Crippen molar-refractivity contribution in [2.24, 2.45) is 5.92 Å². The van der Waals surface area contributed by atoms with Gasteiger partial charge >= 0.3 is 0 Å². The number of ether oxygens (including phenoxy) is 1. The molecule has 14 heavy (non-hydrogen) atoms. The largest absolute Gasteiger partial charge is 0.494 e. The molecule has 0 aliphatic rings. The SMILES string of the molecule is COc1ccc(CCC(C)C)cc1F. The quantitative estimate of drug-likeness (QED) is 0.717. The van der Waals surface area contributed by atoms with Crippen LogP contribution in [0.2, 0.25) is 0 Å². The van der Waals surface area contributed by atoms with Gasteiger partial charge < -0.3 is 4.74 Å². The summed E-state index contributed by atoms with van der Waals surface area (Å²) in [7, 11) is 1.48. The highest BCUT2D eigenvalue weighted by Gasteiger charge is 2.03. The predicted octanol–water partition coefficient (Wildman–Crippen LogP) is 3.42. The molecule has 0 saturated carbocycles. The summed E-state index contributed by atoms with van der Waals surface area (Å²) in [5.74, 6) is 0.701. The topological polar surface area (TPSA) is 9.23 Å². The lowest BCUT2D eigenvalue weighted by Gasteiger charge is -2.06. The Morgan fingerprint density at radius 1 is 1.36 bits per heavy atom. The van der Waals surface area contributed by atoms with Crippen LogP contribution in [0.1, 0.15) is 25.8 Å². The Morgan fingerprint density at radius 2 is 2.07 bits per heavy atom. The van der Waals surface area contributed by atoms with Gasteiger partial charge in [-0.3, -0.25) is 0 Å². The molecule has 0 aromatic heterocycles. The minimum atomic E-state index is -0.270. The Hall–Kier alpha value is -1.05. The van der Waals surface area contributed by atoms with E-state index < -0.39 is 0 Å². The number of rotatable bonds is 4. The molecular weight excluding hydrogens is 179 g/mol. The van der Waals surface area contributed by atoms with Crippen LogP contribution in [0.15, 0.2) is 18.2 Å². The summed E-state index contributed by atoms with van der Waals surface area (Å²) in [6.07, 6.45) is 2.02. The monoisotopic (exact) mass is 196 g/mol. The van der Waals surface area contributed by atoms with E-state index in [0.717, 1.165) is 18.4 Å². The first kappa shape index (κ1) is 11.0. The van der Waals surface area contributed by atoms with E-state index in [1.807, 2.05) is 6.07 Å². The average Bonchev–Trinajstić information content (AvgIpc) is 2.15. The van der Waals surface area contributed by atoms with Gasteiger partial charge in [0.25, 0.3) is 0 Å². The lowest BCUT2D eigenvalue weighted by Crippen LogP contribution is -1.94. The van der Waals surface area contributed by atoms with Crippen molar-refractivity contribution in [3.05, 3.63) is 29.6 Å².